The molecule has 0 aromatic heterocycles. The second kappa shape index (κ2) is 6.05. The van der Waals surface area contributed by atoms with Gasteiger partial charge in [-0.25, -0.2) is 0 Å². The van der Waals surface area contributed by atoms with Gasteiger partial charge in [-0.3, -0.25) is 4.79 Å². The van der Waals surface area contributed by atoms with Crippen LogP contribution in [0, 0.1) is 23.7 Å². The van der Waals surface area contributed by atoms with Crippen LogP contribution in [0.1, 0.15) is 46.5 Å². The van der Waals surface area contributed by atoms with E-state index in [1.54, 1.807) is 0 Å². The minimum Gasteiger partial charge on any atom is -0.353 e. The molecule has 1 aliphatic carbocycles. The Morgan fingerprint density at radius 3 is 2.22 bits per heavy atom. The first-order valence-corrected chi connectivity index (χ1v) is 7.55. The van der Waals surface area contributed by atoms with E-state index < -0.39 is 0 Å². The van der Waals surface area contributed by atoms with Crippen molar-refractivity contribution in [1.29, 1.82) is 0 Å². The summed E-state index contributed by atoms with van der Waals surface area (Å²) >= 11 is 0. The Kier molecular flexibility index (Phi) is 4.66. The van der Waals surface area contributed by atoms with Crippen molar-refractivity contribution in [2.75, 3.05) is 13.1 Å². The van der Waals surface area contributed by atoms with Crippen LogP contribution >= 0.6 is 0 Å². The highest BCUT2D eigenvalue weighted by Gasteiger charge is 2.29. The Morgan fingerprint density at radius 1 is 0.944 bits per heavy atom. The summed E-state index contributed by atoms with van der Waals surface area (Å²) in [5, 5.41) is 6.65. The van der Waals surface area contributed by atoms with E-state index in [2.05, 4.69) is 31.4 Å². The molecule has 0 bridgehead atoms. The van der Waals surface area contributed by atoms with E-state index >= 15 is 0 Å². The van der Waals surface area contributed by atoms with Crippen LogP contribution in [0.5, 0.6) is 0 Å². The highest BCUT2D eigenvalue weighted by atomic mass is 16.2. The van der Waals surface area contributed by atoms with Crippen LogP contribution in [0.25, 0.3) is 0 Å². The third-order valence-corrected chi connectivity index (χ3v) is 4.47. The molecule has 0 radical (unpaired) electrons. The zero-order chi connectivity index (χ0) is 13.1. The molecule has 2 aliphatic rings. The molecule has 18 heavy (non-hydrogen) atoms. The number of carbonyl (C=O) groups excluding carboxylic acids is 1. The molecule has 2 rings (SSSR count). The maximum atomic E-state index is 12.3. The fourth-order valence-corrected chi connectivity index (χ4v) is 3.74. The van der Waals surface area contributed by atoms with Crippen LogP contribution in [0.3, 0.4) is 0 Å². The van der Waals surface area contributed by atoms with Gasteiger partial charge < -0.3 is 10.6 Å². The second-order valence-electron chi connectivity index (χ2n) is 6.82. The topological polar surface area (TPSA) is 41.1 Å². The van der Waals surface area contributed by atoms with E-state index in [1.165, 1.54) is 6.42 Å². The Morgan fingerprint density at radius 2 is 1.61 bits per heavy atom. The lowest BCUT2D eigenvalue weighted by Crippen LogP contribution is -2.48. The van der Waals surface area contributed by atoms with Gasteiger partial charge in [-0.15, -0.1) is 0 Å². The van der Waals surface area contributed by atoms with Crippen LogP contribution in [-0.2, 0) is 4.79 Å². The summed E-state index contributed by atoms with van der Waals surface area (Å²) in [6.45, 7) is 8.74. The average Bonchev–Trinajstić information content (AvgIpc) is 2.27. The zero-order valence-electron chi connectivity index (χ0n) is 12.0. The smallest absolute Gasteiger partial charge is 0.224 e. The summed E-state index contributed by atoms with van der Waals surface area (Å²) < 4.78 is 0. The fraction of sp³-hybridized carbons (Fsp3) is 0.933. The van der Waals surface area contributed by atoms with Crippen LogP contribution in [0.2, 0.25) is 0 Å². The Labute approximate surface area is 111 Å². The number of hydrogen-bond acceptors (Lipinski definition) is 2. The second-order valence-corrected chi connectivity index (χ2v) is 6.82. The van der Waals surface area contributed by atoms with Gasteiger partial charge in [0.25, 0.3) is 0 Å². The van der Waals surface area contributed by atoms with Gasteiger partial charge in [0.05, 0.1) is 5.92 Å². The minimum absolute atomic E-state index is 0.182. The molecule has 3 nitrogen and oxygen atoms in total. The van der Waals surface area contributed by atoms with Crippen LogP contribution in [0.15, 0.2) is 0 Å². The number of piperidine rings is 1. The Balaban J connectivity index is 1.83. The number of amides is 1. The largest absolute Gasteiger partial charge is 0.353 e. The normalized spacial score (nSPS) is 41.4. The molecule has 0 aromatic rings. The molecule has 3 heteroatoms. The van der Waals surface area contributed by atoms with Gasteiger partial charge in [-0.2, -0.15) is 0 Å². The monoisotopic (exact) mass is 252 g/mol. The molecular weight excluding hydrogens is 224 g/mol. The summed E-state index contributed by atoms with van der Waals surface area (Å²) in [4.78, 5) is 12.3. The van der Waals surface area contributed by atoms with Crippen molar-refractivity contribution >= 4 is 5.91 Å². The van der Waals surface area contributed by atoms with Crippen molar-refractivity contribution < 1.29 is 4.79 Å². The van der Waals surface area contributed by atoms with Crippen molar-refractivity contribution in [3.63, 3.8) is 0 Å². The molecule has 1 saturated carbocycles. The van der Waals surface area contributed by atoms with E-state index in [9.17, 15) is 4.79 Å². The zero-order valence-corrected chi connectivity index (χ0v) is 12.0. The summed E-state index contributed by atoms with van der Waals surface area (Å²) in [5.41, 5.74) is 0. The quantitative estimate of drug-likeness (QED) is 0.791. The first-order valence-electron chi connectivity index (χ1n) is 7.55. The molecule has 4 atom stereocenters. The van der Waals surface area contributed by atoms with E-state index in [-0.39, 0.29) is 11.8 Å². The van der Waals surface area contributed by atoms with Gasteiger partial charge in [0.15, 0.2) is 0 Å². The molecule has 1 amide bonds. The highest BCUT2D eigenvalue weighted by molar-refractivity contribution is 5.79. The standard InChI is InChI=1S/C15H28N2O/c1-10-4-11(2)7-14(6-10)17-15(18)13-5-12(3)8-16-9-13/h10-14,16H,4-9H2,1-3H3,(H,17,18). The van der Waals surface area contributed by atoms with E-state index in [0.29, 0.717) is 12.0 Å². The van der Waals surface area contributed by atoms with Crippen LogP contribution in [-0.4, -0.2) is 25.0 Å². The molecule has 1 saturated heterocycles. The predicted octanol–water partition coefficient (Wildman–Crippen LogP) is 2.17. The molecule has 4 unspecified atom stereocenters. The summed E-state index contributed by atoms with van der Waals surface area (Å²) in [6.07, 6.45) is 4.67. The van der Waals surface area contributed by atoms with Crippen molar-refractivity contribution in [3.05, 3.63) is 0 Å². The number of hydrogen-bond donors (Lipinski definition) is 2. The lowest BCUT2D eigenvalue weighted by molar-refractivity contribution is -0.127. The Hall–Kier alpha value is -0.570. The maximum Gasteiger partial charge on any atom is 0.224 e. The van der Waals surface area contributed by atoms with Gasteiger partial charge in [-0.1, -0.05) is 20.8 Å². The maximum absolute atomic E-state index is 12.3. The van der Waals surface area contributed by atoms with Crippen molar-refractivity contribution in [2.24, 2.45) is 23.7 Å². The molecule has 0 aromatic carbocycles. The molecule has 1 aliphatic heterocycles. The minimum atomic E-state index is 0.182. The van der Waals surface area contributed by atoms with Gasteiger partial charge in [0.1, 0.15) is 0 Å². The molecule has 2 fully saturated rings. The predicted molar refractivity (Wildman–Crippen MR) is 74.3 cm³/mol. The summed E-state index contributed by atoms with van der Waals surface area (Å²) in [7, 11) is 0. The third-order valence-electron chi connectivity index (χ3n) is 4.47. The van der Waals surface area contributed by atoms with E-state index in [0.717, 1.165) is 44.2 Å². The number of rotatable bonds is 2. The van der Waals surface area contributed by atoms with Crippen molar-refractivity contribution in [2.45, 2.75) is 52.5 Å². The molecule has 0 spiro atoms. The summed E-state index contributed by atoms with van der Waals surface area (Å²) in [5.74, 6) is 2.59. The highest BCUT2D eigenvalue weighted by Crippen LogP contribution is 2.29. The molecule has 1 heterocycles. The molecule has 104 valence electrons. The third kappa shape index (κ3) is 3.71. The number of nitrogens with one attached hydrogen (secondary N) is 2. The van der Waals surface area contributed by atoms with Crippen molar-refractivity contribution in [1.82, 2.24) is 10.6 Å². The van der Waals surface area contributed by atoms with Crippen LogP contribution < -0.4 is 10.6 Å². The van der Waals surface area contributed by atoms with Gasteiger partial charge in [0.2, 0.25) is 5.91 Å². The van der Waals surface area contributed by atoms with E-state index in [4.69, 9.17) is 0 Å². The fourth-order valence-electron chi connectivity index (χ4n) is 3.74. The van der Waals surface area contributed by atoms with Crippen molar-refractivity contribution in [3.8, 4) is 0 Å². The molecular formula is C15H28N2O. The first-order chi connectivity index (χ1) is 8.54. The lowest BCUT2D eigenvalue weighted by Gasteiger charge is -2.34. The van der Waals surface area contributed by atoms with Gasteiger partial charge in [0, 0.05) is 12.6 Å². The first kappa shape index (κ1) is 13.9. The molecule has 2 N–H and O–H groups in total. The Bertz CT molecular complexity index is 282. The summed E-state index contributed by atoms with van der Waals surface area (Å²) in [6, 6.07) is 0.411. The van der Waals surface area contributed by atoms with E-state index in [1.807, 2.05) is 0 Å². The van der Waals surface area contributed by atoms with Crippen LogP contribution in [0.4, 0.5) is 0 Å². The van der Waals surface area contributed by atoms with Gasteiger partial charge >= 0.3 is 0 Å². The number of carbonyl (C=O) groups is 1. The average molecular weight is 252 g/mol. The lowest BCUT2D eigenvalue weighted by atomic mass is 9.80. The SMILES string of the molecule is CC1CC(C)CC(NC(=O)C2CNCC(C)C2)C1. The van der Waals surface area contributed by atoms with Gasteiger partial charge in [-0.05, 0) is 50.0 Å².